The van der Waals surface area contributed by atoms with Crippen LogP contribution in [0, 0.1) is 0 Å². The first kappa shape index (κ1) is 57.6. The zero-order valence-electron chi connectivity index (χ0n) is 39.7. The molecule has 0 fully saturated rings. The van der Waals surface area contributed by atoms with Crippen LogP contribution in [-0.2, 0) is 28.6 Å². The number of unbranched alkanes of at least 4 members (excludes halogenated alkanes) is 20. The van der Waals surface area contributed by atoms with Gasteiger partial charge >= 0.3 is 17.9 Å². The number of carbonyl (C=O) groups is 3. The van der Waals surface area contributed by atoms with E-state index in [1.165, 1.54) is 89.9 Å². The standard InChI is InChI=1S/C55H92O6/c1-4-7-10-13-16-19-21-23-25-27-28-30-31-33-36-39-42-45-48-54(57)60-51-52(50-59-53(56)47-44-41-38-35-18-15-12-9-6-3)61-55(58)49-46-43-40-37-34-32-29-26-24-22-20-17-14-11-8-5-2/h8,11,17,20,24-28,30,32,34,40,43,52H,4-7,9-10,12-16,18-19,21-23,29,31,33,35-39,41-42,44-51H2,1-3H3/b11-8-,20-17-,26-24-,27-25-,30-28-,34-32-,43-40-. The maximum Gasteiger partial charge on any atom is 0.306 e. The van der Waals surface area contributed by atoms with Gasteiger partial charge in [0.05, 0.1) is 0 Å². The summed E-state index contributed by atoms with van der Waals surface area (Å²) in [5.41, 5.74) is 0. The average Bonchev–Trinajstić information content (AvgIpc) is 3.26. The summed E-state index contributed by atoms with van der Waals surface area (Å²) in [6.45, 7) is 6.41. The summed E-state index contributed by atoms with van der Waals surface area (Å²) in [6.07, 6.45) is 63.0. The fourth-order valence-electron chi connectivity index (χ4n) is 6.66. The Morgan fingerprint density at radius 1 is 0.361 bits per heavy atom. The minimum atomic E-state index is -0.819. The van der Waals surface area contributed by atoms with E-state index in [9.17, 15) is 14.4 Å². The first-order valence-electron chi connectivity index (χ1n) is 25.1. The molecule has 348 valence electrons. The van der Waals surface area contributed by atoms with E-state index in [1.54, 1.807) is 0 Å². The summed E-state index contributed by atoms with van der Waals surface area (Å²) < 4.78 is 16.7. The van der Waals surface area contributed by atoms with Crippen molar-refractivity contribution in [2.45, 2.75) is 232 Å². The van der Waals surface area contributed by atoms with Crippen molar-refractivity contribution in [1.82, 2.24) is 0 Å². The molecule has 0 aliphatic heterocycles. The van der Waals surface area contributed by atoms with Gasteiger partial charge in [0.1, 0.15) is 13.2 Å². The predicted octanol–water partition coefficient (Wildman–Crippen LogP) is 16.4. The van der Waals surface area contributed by atoms with Gasteiger partial charge in [-0.15, -0.1) is 0 Å². The molecule has 0 N–H and O–H groups in total. The SMILES string of the molecule is CC/C=C\C/C=C\C/C=C\C/C=C\C/C=C\CCC(=O)OC(COC(=O)CCCCCCC/C=C\C=C/CCCCCCCCC)COC(=O)CCCCCCCCCCC. The molecule has 6 nitrogen and oxygen atoms in total. The van der Waals surface area contributed by atoms with E-state index in [1.807, 2.05) is 12.2 Å². The molecule has 0 aromatic rings. The van der Waals surface area contributed by atoms with Gasteiger partial charge in [0.25, 0.3) is 0 Å². The Balaban J connectivity index is 4.47. The molecule has 0 rings (SSSR count). The fraction of sp³-hybridized carbons (Fsp3) is 0.691. The van der Waals surface area contributed by atoms with E-state index in [4.69, 9.17) is 14.2 Å². The lowest BCUT2D eigenvalue weighted by atomic mass is 10.1. The summed E-state index contributed by atoms with van der Waals surface area (Å²) in [4.78, 5) is 37.8. The van der Waals surface area contributed by atoms with Gasteiger partial charge in [-0.2, -0.15) is 0 Å². The van der Waals surface area contributed by atoms with E-state index in [0.717, 1.165) is 89.9 Å². The third kappa shape index (κ3) is 47.5. The second-order valence-corrected chi connectivity index (χ2v) is 16.4. The molecular formula is C55H92O6. The van der Waals surface area contributed by atoms with Crippen LogP contribution in [0.2, 0.25) is 0 Å². The molecule has 61 heavy (non-hydrogen) atoms. The van der Waals surface area contributed by atoms with Crippen LogP contribution in [0.5, 0.6) is 0 Å². The first-order valence-corrected chi connectivity index (χ1v) is 25.1. The van der Waals surface area contributed by atoms with Crippen LogP contribution >= 0.6 is 0 Å². The van der Waals surface area contributed by atoms with Gasteiger partial charge in [-0.3, -0.25) is 14.4 Å². The van der Waals surface area contributed by atoms with Crippen LogP contribution in [0.1, 0.15) is 226 Å². The van der Waals surface area contributed by atoms with Gasteiger partial charge < -0.3 is 14.2 Å². The summed E-state index contributed by atoms with van der Waals surface area (Å²) in [5, 5.41) is 0. The van der Waals surface area contributed by atoms with Crippen molar-refractivity contribution in [2.24, 2.45) is 0 Å². The molecule has 0 spiro atoms. The third-order valence-electron chi connectivity index (χ3n) is 10.4. The summed E-state index contributed by atoms with van der Waals surface area (Å²) >= 11 is 0. The zero-order valence-corrected chi connectivity index (χ0v) is 39.7. The highest BCUT2D eigenvalue weighted by Crippen LogP contribution is 2.13. The second-order valence-electron chi connectivity index (χ2n) is 16.4. The van der Waals surface area contributed by atoms with Crippen molar-refractivity contribution >= 4 is 17.9 Å². The normalized spacial score (nSPS) is 12.8. The molecule has 0 aromatic carbocycles. The molecule has 0 radical (unpaired) electrons. The van der Waals surface area contributed by atoms with Crippen molar-refractivity contribution in [2.75, 3.05) is 13.2 Å². The molecule has 0 aliphatic rings. The van der Waals surface area contributed by atoms with Crippen molar-refractivity contribution in [3.05, 3.63) is 85.1 Å². The molecule has 0 aliphatic carbocycles. The van der Waals surface area contributed by atoms with E-state index >= 15 is 0 Å². The minimum absolute atomic E-state index is 0.111. The van der Waals surface area contributed by atoms with E-state index in [-0.39, 0.29) is 31.6 Å². The van der Waals surface area contributed by atoms with Gasteiger partial charge in [-0.05, 0) is 77.0 Å². The lowest BCUT2D eigenvalue weighted by Crippen LogP contribution is -2.30. The largest absolute Gasteiger partial charge is 0.462 e. The van der Waals surface area contributed by atoms with E-state index < -0.39 is 12.1 Å². The van der Waals surface area contributed by atoms with Crippen molar-refractivity contribution in [1.29, 1.82) is 0 Å². The number of esters is 3. The summed E-state index contributed by atoms with van der Waals surface area (Å²) in [6, 6.07) is 0. The monoisotopic (exact) mass is 849 g/mol. The number of ether oxygens (including phenoxy) is 3. The van der Waals surface area contributed by atoms with Crippen LogP contribution in [0.15, 0.2) is 85.1 Å². The smallest absolute Gasteiger partial charge is 0.306 e. The summed E-state index contributed by atoms with van der Waals surface area (Å²) in [5.74, 6) is -1.02. The first-order chi connectivity index (χ1) is 30.0. The second kappa shape index (κ2) is 49.2. The molecule has 0 aromatic heterocycles. The Hall–Kier alpha value is -3.41. The van der Waals surface area contributed by atoms with E-state index in [2.05, 4.69) is 93.7 Å². The van der Waals surface area contributed by atoms with Gasteiger partial charge in [0, 0.05) is 19.3 Å². The number of hydrogen-bond donors (Lipinski definition) is 0. The Bertz CT molecular complexity index is 1200. The molecule has 1 unspecified atom stereocenters. The van der Waals surface area contributed by atoms with Crippen LogP contribution in [0.25, 0.3) is 0 Å². The number of carbonyl (C=O) groups excluding carboxylic acids is 3. The van der Waals surface area contributed by atoms with Crippen molar-refractivity contribution in [3.8, 4) is 0 Å². The zero-order chi connectivity index (χ0) is 44.4. The maximum atomic E-state index is 12.7. The highest BCUT2D eigenvalue weighted by Gasteiger charge is 2.19. The molecule has 0 amide bonds. The average molecular weight is 849 g/mol. The molecule has 0 saturated carbocycles. The van der Waals surface area contributed by atoms with Gasteiger partial charge in [-0.25, -0.2) is 0 Å². The lowest BCUT2D eigenvalue weighted by molar-refractivity contribution is -0.166. The fourth-order valence-corrected chi connectivity index (χ4v) is 6.66. The Morgan fingerprint density at radius 2 is 0.721 bits per heavy atom. The Labute approximate surface area is 375 Å². The van der Waals surface area contributed by atoms with Crippen LogP contribution in [-0.4, -0.2) is 37.2 Å². The van der Waals surface area contributed by atoms with Gasteiger partial charge in [0.2, 0.25) is 0 Å². The molecule has 0 saturated heterocycles. The Morgan fingerprint density at radius 3 is 1.13 bits per heavy atom. The summed E-state index contributed by atoms with van der Waals surface area (Å²) in [7, 11) is 0. The third-order valence-corrected chi connectivity index (χ3v) is 10.4. The van der Waals surface area contributed by atoms with Gasteiger partial charge in [0.15, 0.2) is 6.10 Å². The highest BCUT2D eigenvalue weighted by molar-refractivity contribution is 5.71. The highest BCUT2D eigenvalue weighted by atomic mass is 16.6. The number of hydrogen-bond acceptors (Lipinski definition) is 6. The lowest BCUT2D eigenvalue weighted by Gasteiger charge is -2.18. The number of rotatable bonds is 44. The quantitative estimate of drug-likeness (QED) is 0.0200. The van der Waals surface area contributed by atoms with Crippen molar-refractivity contribution < 1.29 is 28.6 Å². The molecule has 0 heterocycles. The van der Waals surface area contributed by atoms with Crippen LogP contribution in [0.4, 0.5) is 0 Å². The van der Waals surface area contributed by atoms with E-state index in [0.29, 0.717) is 19.3 Å². The molecule has 6 heteroatoms. The van der Waals surface area contributed by atoms with Crippen LogP contribution < -0.4 is 0 Å². The predicted molar refractivity (Wildman–Crippen MR) is 261 cm³/mol. The molecule has 0 bridgehead atoms. The minimum Gasteiger partial charge on any atom is -0.462 e. The maximum absolute atomic E-state index is 12.7. The number of allylic oxidation sites excluding steroid dienone is 14. The van der Waals surface area contributed by atoms with Gasteiger partial charge in [-0.1, -0.05) is 215 Å². The Kier molecular flexibility index (Phi) is 46.5. The van der Waals surface area contributed by atoms with Crippen LogP contribution in [0.3, 0.4) is 0 Å². The molecule has 1 atom stereocenters. The topological polar surface area (TPSA) is 78.9 Å². The van der Waals surface area contributed by atoms with Crippen molar-refractivity contribution in [3.63, 3.8) is 0 Å². The molecular weight excluding hydrogens is 757 g/mol.